The molecule has 6 nitrogen and oxygen atoms in total. The summed E-state index contributed by atoms with van der Waals surface area (Å²) < 4.78 is 40.1. The van der Waals surface area contributed by atoms with Crippen molar-refractivity contribution in [3.05, 3.63) is 24.3 Å². The van der Waals surface area contributed by atoms with Gasteiger partial charge in [0, 0.05) is 6.92 Å². The average Bonchev–Trinajstić information content (AvgIpc) is 2.32. The van der Waals surface area contributed by atoms with Gasteiger partial charge in [0.1, 0.15) is 12.4 Å². The molecular weight excluding hydrogens is 272 g/mol. The molecule has 0 radical (unpaired) electrons. The van der Waals surface area contributed by atoms with Gasteiger partial charge >= 0.3 is 5.97 Å². The van der Waals surface area contributed by atoms with E-state index in [4.69, 9.17) is 9.29 Å². The van der Waals surface area contributed by atoms with Crippen molar-refractivity contribution in [3.8, 4) is 17.6 Å². The van der Waals surface area contributed by atoms with Crippen LogP contribution in [0.1, 0.15) is 6.92 Å². The van der Waals surface area contributed by atoms with E-state index in [0.717, 1.165) is 0 Å². The molecule has 0 aromatic heterocycles. The second-order valence-corrected chi connectivity index (χ2v) is 4.79. The predicted octanol–water partition coefficient (Wildman–Crippen LogP) is 0.879. The fourth-order valence-corrected chi connectivity index (χ4v) is 1.55. The number of hydrogen-bond acceptors (Lipinski definition) is 5. The minimum Gasteiger partial charge on any atom is -0.481 e. The zero-order valence-electron chi connectivity index (χ0n) is 10.1. The summed E-state index contributed by atoms with van der Waals surface area (Å²) in [7, 11) is -4.19. The highest BCUT2D eigenvalue weighted by Gasteiger charge is 2.08. The summed E-state index contributed by atoms with van der Waals surface area (Å²) in [6, 6.07) is 5.24. The molecule has 7 heteroatoms. The van der Waals surface area contributed by atoms with Gasteiger partial charge in [0.15, 0.2) is 6.61 Å². The van der Waals surface area contributed by atoms with Gasteiger partial charge in [0.2, 0.25) is 0 Å². The van der Waals surface area contributed by atoms with Crippen LogP contribution in [0.15, 0.2) is 29.2 Å². The van der Waals surface area contributed by atoms with Crippen molar-refractivity contribution in [1.29, 1.82) is 0 Å². The highest BCUT2D eigenvalue weighted by atomic mass is 32.2. The van der Waals surface area contributed by atoms with Crippen molar-refractivity contribution in [2.45, 2.75) is 11.8 Å². The van der Waals surface area contributed by atoms with Gasteiger partial charge < -0.3 is 9.47 Å². The van der Waals surface area contributed by atoms with Crippen molar-refractivity contribution in [2.75, 3.05) is 13.2 Å². The minimum absolute atomic E-state index is 0.000384. The van der Waals surface area contributed by atoms with Crippen LogP contribution in [-0.2, 0) is 19.6 Å². The zero-order chi connectivity index (χ0) is 14.3. The van der Waals surface area contributed by atoms with Gasteiger partial charge in [-0.2, -0.15) is 8.42 Å². The van der Waals surface area contributed by atoms with E-state index in [1.165, 1.54) is 31.2 Å². The Balaban J connectivity index is 2.44. The Labute approximate surface area is 111 Å². The second-order valence-electron chi connectivity index (χ2n) is 3.37. The summed E-state index contributed by atoms with van der Waals surface area (Å²) in [6.45, 7) is 1.36. The maximum Gasteiger partial charge on any atom is 0.303 e. The Bertz CT molecular complexity index is 591. The fraction of sp³-hybridized carbons (Fsp3) is 0.250. The van der Waals surface area contributed by atoms with Crippen LogP contribution in [-0.4, -0.2) is 32.2 Å². The normalized spacial score (nSPS) is 10.2. The Morgan fingerprint density at radius 3 is 2.32 bits per heavy atom. The number of benzene rings is 1. The van der Waals surface area contributed by atoms with Gasteiger partial charge in [0.25, 0.3) is 10.1 Å². The molecule has 102 valence electrons. The van der Waals surface area contributed by atoms with Gasteiger partial charge in [-0.15, -0.1) is 0 Å². The van der Waals surface area contributed by atoms with E-state index >= 15 is 0 Å². The van der Waals surface area contributed by atoms with Crippen LogP contribution in [0.4, 0.5) is 0 Å². The first-order valence-corrected chi connectivity index (χ1v) is 6.63. The quantitative estimate of drug-likeness (QED) is 0.501. The molecule has 0 amide bonds. The van der Waals surface area contributed by atoms with E-state index in [-0.39, 0.29) is 18.1 Å². The summed E-state index contributed by atoms with van der Waals surface area (Å²) in [4.78, 5) is 10.2. The molecule has 0 fully saturated rings. The van der Waals surface area contributed by atoms with Crippen LogP contribution >= 0.6 is 0 Å². The number of hydrogen-bond donors (Lipinski definition) is 1. The number of esters is 1. The molecule has 0 unspecified atom stereocenters. The van der Waals surface area contributed by atoms with Crippen LogP contribution in [0.2, 0.25) is 0 Å². The maximum absolute atomic E-state index is 10.8. The van der Waals surface area contributed by atoms with E-state index in [1.807, 2.05) is 0 Å². The molecule has 0 aliphatic heterocycles. The molecule has 1 aromatic carbocycles. The number of carbonyl (C=O) groups is 1. The molecule has 0 saturated carbocycles. The first-order valence-electron chi connectivity index (χ1n) is 5.19. The van der Waals surface area contributed by atoms with Crippen LogP contribution in [0, 0.1) is 11.8 Å². The fourth-order valence-electron chi connectivity index (χ4n) is 1.07. The summed E-state index contributed by atoms with van der Waals surface area (Å²) in [6.07, 6.45) is 0. The lowest BCUT2D eigenvalue weighted by Gasteiger charge is -2.02. The lowest BCUT2D eigenvalue weighted by atomic mass is 10.3. The van der Waals surface area contributed by atoms with Gasteiger partial charge in [0.05, 0.1) is 4.90 Å². The molecular formula is C12H12O6S. The van der Waals surface area contributed by atoms with E-state index in [1.54, 1.807) is 0 Å². The minimum atomic E-state index is -4.19. The van der Waals surface area contributed by atoms with Crippen molar-refractivity contribution < 1.29 is 27.2 Å². The van der Waals surface area contributed by atoms with E-state index < -0.39 is 16.1 Å². The molecule has 0 saturated heterocycles. The highest BCUT2D eigenvalue weighted by Crippen LogP contribution is 2.15. The molecule has 0 aliphatic rings. The second kappa shape index (κ2) is 6.78. The zero-order valence-corrected chi connectivity index (χ0v) is 10.9. The summed E-state index contributed by atoms with van der Waals surface area (Å²) >= 11 is 0. The standard InChI is InChI=1S/C12H12O6S/c1-10(13)17-8-2-3-9-18-11-4-6-12(7-5-11)19(14,15)16/h4-7H,8-9H2,1H3,(H,14,15,16). The van der Waals surface area contributed by atoms with E-state index in [0.29, 0.717) is 5.75 Å². The van der Waals surface area contributed by atoms with Crippen molar-refractivity contribution in [2.24, 2.45) is 0 Å². The molecule has 1 N–H and O–H groups in total. The van der Waals surface area contributed by atoms with Gasteiger partial charge in [-0.1, -0.05) is 11.8 Å². The van der Waals surface area contributed by atoms with Crippen molar-refractivity contribution in [3.63, 3.8) is 0 Å². The maximum atomic E-state index is 10.8. The van der Waals surface area contributed by atoms with Crippen molar-refractivity contribution in [1.82, 2.24) is 0 Å². The van der Waals surface area contributed by atoms with E-state index in [2.05, 4.69) is 16.6 Å². The topological polar surface area (TPSA) is 89.9 Å². The molecule has 0 heterocycles. The Kier molecular flexibility index (Phi) is 5.36. The van der Waals surface area contributed by atoms with E-state index in [9.17, 15) is 13.2 Å². The first-order chi connectivity index (χ1) is 8.89. The molecule has 0 aliphatic carbocycles. The summed E-state index contributed by atoms with van der Waals surface area (Å²) in [5, 5.41) is 0. The first kappa shape index (κ1) is 15.0. The van der Waals surface area contributed by atoms with Gasteiger partial charge in [-0.25, -0.2) is 0 Å². The third-order valence-electron chi connectivity index (χ3n) is 1.91. The summed E-state index contributed by atoms with van der Waals surface area (Å²) in [5.41, 5.74) is 0. The predicted molar refractivity (Wildman–Crippen MR) is 66.2 cm³/mol. The Hall–Kier alpha value is -2.04. The SMILES string of the molecule is CC(=O)OCC#CCOc1ccc(S(=O)(=O)O)cc1. The van der Waals surface area contributed by atoms with Crippen LogP contribution < -0.4 is 4.74 Å². The monoisotopic (exact) mass is 284 g/mol. The number of rotatable bonds is 4. The lowest BCUT2D eigenvalue weighted by Crippen LogP contribution is -2.00. The summed E-state index contributed by atoms with van der Waals surface area (Å²) in [5.74, 6) is 5.19. The molecule has 0 atom stereocenters. The molecule has 19 heavy (non-hydrogen) atoms. The van der Waals surface area contributed by atoms with Gasteiger partial charge in [-0.05, 0) is 24.3 Å². The van der Waals surface area contributed by atoms with Crippen LogP contribution in [0.3, 0.4) is 0 Å². The third-order valence-corrected chi connectivity index (χ3v) is 2.77. The van der Waals surface area contributed by atoms with Crippen LogP contribution in [0.25, 0.3) is 0 Å². The van der Waals surface area contributed by atoms with Crippen LogP contribution in [0.5, 0.6) is 5.75 Å². The average molecular weight is 284 g/mol. The number of ether oxygens (including phenoxy) is 2. The lowest BCUT2D eigenvalue weighted by molar-refractivity contribution is -0.139. The Morgan fingerprint density at radius 2 is 1.79 bits per heavy atom. The largest absolute Gasteiger partial charge is 0.481 e. The van der Waals surface area contributed by atoms with Crippen molar-refractivity contribution >= 4 is 16.1 Å². The number of carbonyl (C=O) groups excluding carboxylic acids is 1. The molecule has 1 rings (SSSR count). The van der Waals surface area contributed by atoms with Gasteiger partial charge in [-0.3, -0.25) is 9.35 Å². The molecule has 0 spiro atoms. The third kappa shape index (κ3) is 5.90. The Morgan fingerprint density at radius 1 is 1.21 bits per heavy atom. The molecule has 1 aromatic rings. The smallest absolute Gasteiger partial charge is 0.303 e. The highest BCUT2D eigenvalue weighted by molar-refractivity contribution is 7.85. The molecule has 0 bridgehead atoms.